The topological polar surface area (TPSA) is 46.2 Å². The van der Waals surface area contributed by atoms with E-state index in [0.717, 1.165) is 0 Å². The molecule has 0 aromatic carbocycles. The van der Waals surface area contributed by atoms with Crippen LogP contribution in [0.15, 0.2) is 37.1 Å². The van der Waals surface area contributed by atoms with Crippen molar-refractivity contribution in [2.45, 2.75) is 41.0 Å². The first-order valence-corrected chi connectivity index (χ1v) is 5.83. The fraction of sp³-hybridized carbons (Fsp3) is 0.429. The Hall–Kier alpha value is -1.64. The molecule has 0 spiro atoms. The van der Waals surface area contributed by atoms with E-state index in [0.29, 0.717) is 5.70 Å². The van der Waals surface area contributed by atoms with E-state index in [1.807, 2.05) is 27.7 Å². The number of ketones is 1. The molecule has 0 saturated heterocycles. The molecule has 3 heteroatoms. The van der Waals surface area contributed by atoms with Crippen molar-refractivity contribution < 1.29 is 9.59 Å². The first-order chi connectivity index (χ1) is 8.06. The normalized spacial score (nSPS) is 8.06. The number of hydrogen-bond donors (Lipinski definition) is 1. The molecule has 0 aliphatic heterocycles. The van der Waals surface area contributed by atoms with Crippen LogP contribution in [0.5, 0.6) is 0 Å². The summed E-state index contributed by atoms with van der Waals surface area (Å²) in [7, 11) is 0. The number of allylic oxidation sites excluding steroid dienone is 3. The molecular formula is C14H25NO2. The molecule has 0 bridgehead atoms. The zero-order valence-corrected chi connectivity index (χ0v) is 11.7. The molecule has 0 aliphatic carbocycles. The van der Waals surface area contributed by atoms with Gasteiger partial charge in [-0.2, -0.15) is 0 Å². The molecule has 0 aliphatic rings. The van der Waals surface area contributed by atoms with Gasteiger partial charge in [-0.1, -0.05) is 53.0 Å². The van der Waals surface area contributed by atoms with Gasteiger partial charge in [0.25, 0.3) is 0 Å². The first-order valence-electron chi connectivity index (χ1n) is 5.83. The predicted octanol–water partition coefficient (Wildman–Crippen LogP) is 3.39. The van der Waals surface area contributed by atoms with Crippen molar-refractivity contribution in [2.75, 3.05) is 0 Å². The van der Waals surface area contributed by atoms with E-state index >= 15 is 0 Å². The van der Waals surface area contributed by atoms with E-state index < -0.39 is 0 Å². The number of carbonyl (C=O) groups is 2. The van der Waals surface area contributed by atoms with Crippen molar-refractivity contribution in [1.29, 1.82) is 0 Å². The average Bonchev–Trinajstić information content (AvgIpc) is 2.30. The van der Waals surface area contributed by atoms with Crippen LogP contribution in [-0.2, 0) is 9.59 Å². The van der Waals surface area contributed by atoms with E-state index in [9.17, 15) is 9.59 Å². The highest BCUT2D eigenvalue weighted by Crippen LogP contribution is 1.90. The average molecular weight is 239 g/mol. The number of Topliss-reactive ketones (excluding diaryl/α,β-unsaturated/α-hetero) is 1. The minimum absolute atomic E-state index is 0.110. The molecule has 1 amide bonds. The van der Waals surface area contributed by atoms with E-state index in [4.69, 9.17) is 0 Å². The van der Waals surface area contributed by atoms with Crippen LogP contribution in [0.2, 0.25) is 0 Å². The lowest BCUT2D eigenvalue weighted by molar-refractivity contribution is -0.126. The molecule has 0 atom stereocenters. The minimum Gasteiger partial charge on any atom is -0.326 e. The molecule has 0 fully saturated rings. The summed E-state index contributed by atoms with van der Waals surface area (Å²) >= 11 is 0. The third-order valence-electron chi connectivity index (χ3n) is 1.14. The second-order valence-electron chi connectivity index (χ2n) is 2.55. The molecular weight excluding hydrogens is 214 g/mol. The number of nitrogens with one attached hydrogen (secondary N) is 1. The van der Waals surface area contributed by atoms with Crippen LogP contribution in [-0.4, -0.2) is 11.7 Å². The Morgan fingerprint density at radius 1 is 1.18 bits per heavy atom. The Morgan fingerprint density at radius 2 is 1.65 bits per heavy atom. The van der Waals surface area contributed by atoms with Crippen LogP contribution in [0, 0.1) is 0 Å². The van der Waals surface area contributed by atoms with Gasteiger partial charge in [-0.25, -0.2) is 0 Å². The lowest BCUT2D eigenvalue weighted by Crippen LogP contribution is -2.22. The largest absolute Gasteiger partial charge is 0.326 e. The molecule has 0 unspecified atom stereocenters. The lowest BCUT2D eigenvalue weighted by atomic mass is 10.3. The zero-order chi connectivity index (χ0) is 14.3. The monoisotopic (exact) mass is 239 g/mol. The number of rotatable bonds is 5. The van der Waals surface area contributed by atoms with Gasteiger partial charge in [0.15, 0.2) is 0 Å². The van der Waals surface area contributed by atoms with Crippen molar-refractivity contribution in [3.8, 4) is 0 Å². The predicted molar refractivity (Wildman–Crippen MR) is 74.6 cm³/mol. The third kappa shape index (κ3) is 20.4. The standard InChI is InChI=1S/C10H13NO2.2C2H6/c1-4-5-6-8(2)11-10(13)7-9(3)12;2*1-2/h4-6H,1-2,7H2,3H3,(H,11,13);2*1-2H3/b6-5-;;. The second kappa shape index (κ2) is 16.8. The molecule has 0 rings (SSSR count). The minimum atomic E-state index is -0.341. The van der Waals surface area contributed by atoms with Gasteiger partial charge in [0.2, 0.25) is 5.91 Å². The van der Waals surface area contributed by atoms with Crippen LogP contribution in [0.1, 0.15) is 41.0 Å². The van der Waals surface area contributed by atoms with Gasteiger partial charge in [-0.05, 0) is 13.0 Å². The number of carbonyl (C=O) groups excluding carboxylic acids is 2. The van der Waals surface area contributed by atoms with Gasteiger partial charge in [-0.3, -0.25) is 9.59 Å². The van der Waals surface area contributed by atoms with E-state index in [-0.39, 0.29) is 18.1 Å². The van der Waals surface area contributed by atoms with Gasteiger partial charge < -0.3 is 5.32 Å². The maximum atomic E-state index is 11.0. The Kier molecular flexibility index (Phi) is 20.5. The SMILES string of the molecule is C=C/C=C\C(=C)NC(=O)CC(C)=O.CC.CC. The maximum Gasteiger partial charge on any atom is 0.231 e. The highest BCUT2D eigenvalue weighted by Gasteiger charge is 2.03. The maximum absolute atomic E-state index is 11.0. The van der Waals surface area contributed by atoms with Crippen molar-refractivity contribution in [3.05, 3.63) is 37.1 Å². The summed E-state index contributed by atoms with van der Waals surface area (Å²) in [6.07, 6.45) is 4.71. The van der Waals surface area contributed by atoms with Crippen molar-refractivity contribution in [3.63, 3.8) is 0 Å². The van der Waals surface area contributed by atoms with Crippen LogP contribution in [0.25, 0.3) is 0 Å². The summed E-state index contributed by atoms with van der Waals surface area (Å²) in [5.74, 6) is -0.510. The molecule has 0 aromatic heterocycles. The van der Waals surface area contributed by atoms with Crippen molar-refractivity contribution >= 4 is 11.7 Å². The molecule has 17 heavy (non-hydrogen) atoms. The summed E-state index contributed by atoms with van der Waals surface area (Å²) in [4.78, 5) is 21.5. The smallest absolute Gasteiger partial charge is 0.231 e. The molecule has 3 nitrogen and oxygen atoms in total. The van der Waals surface area contributed by atoms with Crippen LogP contribution >= 0.6 is 0 Å². The van der Waals surface area contributed by atoms with Crippen LogP contribution in [0.4, 0.5) is 0 Å². The lowest BCUT2D eigenvalue weighted by Gasteiger charge is -2.01. The van der Waals surface area contributed by atoms with Gasteiger partial charge in [-0.15, -0.1) is 0 Å². The molecule has 98 valence electrons. The molecule has 0 heterocycles. The van der Waals surface area contributed by atoms with Gasteiger partial charge in [0, 0.05) is 5.70 Å². The fourth-order valence-electron chi connectivity index (χ4n) is 0.675. The highest BCUT2D eigenvalue weighted by molar-refractivity contribution is 5.97. The molecule has 1 N–H and O–H groups in total. The summed E-state index contributed by atoms with van der Waals surface area (Å²) < 4.78 is 0. The van der Waals surface area contributed by atoms with Crippen molar-refractivity contribution in [1.82, 2.24) is 5.32 Å². The number of hydrogen-bond acceptors (Lipinski definition) is 2. The van der Waals surface area contributed by atoms with E-state index in [2.05, 4.69) is 18.5 Å². The molecule has 0 saturated carbocycles. The summed E-state index contributed by atoms with van der Waals surface area (Å²) in [6, 6.07) is 0. The summed E-state index contributed by atoms with van der Waals surface area (Å²) in [6.45, 7) is 16.4. The van der Waals surface area contributed by atoms with Crippen LogP contribution in [0.3, 0.4) is 0 Å². The van der Waals surface area contributed by atoms with E-state index in [1.54, 1.807) is 18.2 Å². The van der Waals surface area contributed by atoms with Crippen LogP contribution < -0.4 is 5.32 Å². The Labute approximate surface area is 105 Å². The van der Waals surface area contributed by atoms with Crippen molar-refractivity contribution in [2.24, 2.45) is 0 Å². The Balaban J connectivity index is -0.000000439. The van der Waals surface area contributed by atoms with Gasteiger partial charge in [0.1, 0.15) is 5.78 Å². The molecule has 0 aromatic rings. The number of amides is 1. The summed E-state index contributed by atoms with van der Waals surface area (Å²) in [5, 5.41) is 2.46. The van der Waals surface area contributed by atoms with Gasteiger partial charge in [0.05, 0.1) is 6.42 Å². The van der Waals surface area contributed by atoms with E-state index in [1.165, 1.54) is 6.92 Å². The molecule has 0 radical (unpaired) electrons. The Morgan fingerprint density at radius 3 is 2.00 bits per heavy atom. The fourth-order valence-corrected chi connectivity index (χ4v) is 0.675. The first kappa shape index (κ1) is 20.7. The third-order valence-corrected chi connectivity index (χ3v) is 1.14. The van der Waals surface area contributed by atoms with Gasteiger partial charge >= 0.3 is 0 Å². The Bertz CT molecular complexity index is 265. The zero-order valence-electron chi connectivity index (χ0n) is 11.7. The second-order valence-corrected chi connectivity index (χ2v) is 2.55. The highest BCUT2D eigenvalue weighted by atomic mass is 16.2. The quantitative estimate of drug-likeness (QED) is 0.590. The summed E-state index contributed by atoms with van der Waals surface area (Å²) in [5.41, 5.74) is 0.450.